The van der Waals surface area contributed by atoms with Gasteiger partial charge in [-0.3, -0.25) is 0 Å². The van der Waals surface area contributed by atoms with Crippen LogP contribution in [0.4, 0.5) is 0 Å². The molecule has 108 valence electrons. The largest absolute Gasteiger partial charge is 0.490 e. The van der Waals surface area contributed by atoms with Gasteiger partial charge in [0.25, 0.3) is 0 Å². The van der Waals surface area contributed by atoms with Gasteiger partial charge in [-0.2, -0.15) is 11.3 Å². The van der Waals surface area contributed by atoms with Crippen molar-refractivity contribution in [3.63, 3.8) is 0 Å². The number of halogens is 1. The molecule has 3 rings (SSSR count). The Labute approximate surface area is 134 Å². The summed E-state index contributed by atoms with van der Waals surface area (Å²) < 4.78 is 11.6. The van der Waals surface area contributed by atoms with Crippen LogP contribution in [-0.4, -0.2) is 30.5 Å². The number of hydrogen-bond donors (Lipinski definition) is 0. The van der Waals surface area contributed by atoms with Crippen LogP contribution in [0, 0.1) is 0 Å². The minimum Gasteiger partial charge on any atom is -0.490 e. The van der Waals surface area contributed by atoms with E-state index in [9.17, 15) is 0 Å². The van der Waals surface area contributed by atoms with Gasteiger partial charge in [0.15, 0.2) is 0 Å². The fourth-order valence-electron chi connectivity index (χ4n) is 2.06. The van der Waals surface area contributed by atoms with Crippen LogP contribution in [0.2, 0.25) is 0 Å². The summed E-state index contributed by atoms with van der Waals surface area (Å²) in [6.45, 7) is 1.05. The van der Waals surface area contributed by atoms with Gasteiger partial charge in [0.2, 0.25) is 0 Å². The van der Waals surface area contributed by atoms with E-state index in [4.69, 9.17) is 9.47 Å². The molecule has 0 unspecified atom stereocenters. The Bertz CT molecular complexity index is 760. The number of fused-ring (bicyclic) bond motifs is 1. The molecular formula is C15H13BrN2O2S. The number of nitrogens with zero attached hydrogens (tertiary/aromatic N) is 2. The summed E-state index contributed by atoms with van der Waals surface area (Å²) in [5.74, 6) is 0.790. The van der Waals surface area contributed by atoms with E-state index >= 15 is 0 Å². The van der Waals surface area contributed by atoms with Gasteiger partial charge in [0.1, 0.15) is 22.7 Å². The average Bonchev–Trinajstić information content (AvgIpc) is 2.99. The van der Waals surface area contributed by atoms with Gasteiger partial charge in [-0.1, -0.05) is 12.1 Å². The fourth-order valence-corrected chi connectivity index (χ4v) is 3.44. The molecule has 6 heteroatoms. The Morgan fingerprint density at radius 3 is 2.76 bits per heavy atom. The molecule has 0 aliphatic rings. The lowest BCUT2D eigenvalue weighted by Gasteiger charge is -2.11. The Balaban J connectivity index is 2.06. The van der Waals surface area contributed by atoms with E-state index in [2.05, 4.69) is 36.9 Å². The zero-order valence-corrected chi connectivity index (χ0v) is 13.8. The quantitative estimate of drug-likeness (QED) is 0.638. The Morgan fingerprint density at radius 2 is 1.90 bits per heavy atom. The number of aromatic nitrogens is 2. The molecule has 0 fully saturated rings. The first-order chi connectivity index (χ1) is 10.3. The van der Waals surface area contributed by atoms with Crippen LogP contribution in [0.5, 0.6) is 5.75 Å². The Kier molecular flexibility index (Phi) is 4.48. The number of thiophene rings is 1. The molecule has 2 aromatic heterocycles. The third kappa shape index (κ3) is 2.92. The number of ether oxygens (including phenoxy) is 2. The molecule has 0 saturated carbocycles. The highest BCUT2D eigenvalue weighted by molar-refractivity contribution is 9.10. The van der Waals surface area contributed by atoms with Crippen molar-refractivity contribution in [1.29, 1.82) is 0 Å². The Hall–Kier alpha value is -1.50. The van der Waals surface area contributed by atoms with Crippen molar-refractivity contribution in [2.75, 3.05) is 20.3 Å². The second-order valence-corrected chi connectivity index (χ2v) is 5.87. The SMILES string of the molecule is COCCOc1ccccc1-c1nnc(Br)c2cscc12. The molecule has 2 heterocycles. The maximum absolute atomic E-state index is 5.79. The third-order valence-electron chi connectivity index (χ3n) is 3.06. The van der Waals surface area contributed by atoms with Gasteiger partial charge < -0.3 is 9.47 Å². The van der Waals surface area contributed by atoms with Crippen LogP contribution in [0.15, 0.2) is 39.6 Å². The van der Waals surface area contributed by atoms with Gasteiger partial charge >= 0.3 is 0 Å². The van der Waals surface area contributed by atoms with Gasteiger partial charge in [-0.15, -0.1) is 10.2 Å². The van der Waals surface area contributed by atoms with E-state index in [0.717, 1.165) is 32.4 Å². The zero-order valence-electron chi connectivity index (χ0n) is 11.4. The van der Waals surface area contributed by atoms with Gasteiger partial charge in [0.05, 0.1) is 6.61 Å². The van der Waals surface area contributed by atoms with E-state index in [-0.39, 0.29) is 0 Å². The van der Waals surface area contributed by atoms with Crippen molar-refractivity contribution >= 4 is 38.0 Å². The molecule has 0 saturated heterocycles. The highest BCUT2D eigenvalue weighted by Crippen LogP contribution is 2.36. The van der Waals surface area contributed by atoms with Crippen molar-refractivity contribution in [2.24, 2.45) is 0 Å². The molecule has 0 aliphatic heterocycles. The highest BCUT2D eigenvalue weighted by Gasteiger charge is 2.14. The number of hydrogen-bond acceptors (Lipinski definition) is 5. The first-order valence-corrected chi connectivity index (χ1v) is 8.14. The molecule has 0 spiro atoms. The van der Waals surface area contributed by atoms with Gasteiger partial charge in [0, 0.05) is 34.2 Å². The zero-order chi connectivity index (χ0) is 14.7. The van der Waals surface area contributed by atoms with E-state index in [1.165, 1.54) is 0 Å². The van der Waals surface area contributed by atoms with Gasteiger partial charge in [-0.25, -0.2) is 0 Å². The van der Waals surface area contributed by atoms with E-state index in [0.29, 0.717) is 13.2 Å². The van der Waals surface area contributed by atoms with Crippen LogP contribution < -0.4 is 4.74 Å². The standard InChI is InChI=1S/C15H13BrN2O2S/c1-19-6-7-20-13-5-3-2-4-10(13)14-11-8-21-9-12(11)15(16)18-17-14/h2-5,8-9H,6-7H2,1H3. The maximum atomic E-state index is 5.79. The van der Waals surface area contributed by atoms with E-state index in [1.54, 1.807) is 18.4 Å². The summed E-state index contributed by atoms with van der Waals surface area (Å²) in [5, 5.41) is 14.8. The predicted octanol–water partition coefficient (Wildman–Crippen LogP) is 4.15. The minimum absolute atomic E-state index is 0.504. The van der Waals surface area contributed by atoms with Crippen molar-refractivity contribution in [1.82, 2.24) is 10.2 Å². The molecule has 21 heavy (non-hydrogen) atoms. The lowest BCUT2D eigenvalue weighted by molar-refractivity contribution is 0.146. The first kappa shape index (κ1) is 14.4. The average molecular weight is 365 g/mol. The minimum atomic E-state index is 0.504. The maximum Gasteiger partial charge on any atom is 0.137 e. The number of methoxy groups -OCH3 is 1. The topological polar surface area (TPSA) is 44.2 Å². The van der Waals surface area contributed by atoms with Crippen LogP contribution in [0.1, 0.15) is 0 Å². The summed E-state index contributed by atoms with van der Waals surface area (Å²) in [6.07, 6.45) is 0. The van der Waals surface area contributed by atoms with Gasteiger partial charge in [-0.05, 0) is 28.1 Å². The summed E-state index contributed by atoms with van der Waals surface area (Å²) in [7, 11) is 1.66. The van der Waals surface area contributed by atoms with Crippen molar-refractivity contribution in [3.8, 4) is 17.0 Å². The summed E-state index contributed by atoms with van der Waals surface area (Å²) in [5.41, 5.74) is 1.78. The van der Waals surface area contributed by atoms with E-state index in [1.807, 2.05) is 24.3 Å². The van der Waals surface area contributed by atoms with E-state index < -0.39 is 0 Å². The van der Waals surface area contributed by atoms with Crippen LogP contribution >= 0.6 is 27.3 Å². The number of rotatable bonds is 5. The second-order valence-electron chi connectivity index (χ2n) is 4.38. The molecule has 0 aliphatic carbocycles. The van der Waals surface area contributed by atoms with Crippen LogP contribution in [0.3, 0.4) is 0 Å². The number of para-hydroxylation sites is 1. The molecule has 0 atom stereocenters. The van der Waals surface area contributed by atoms with Crippen molar-refractivity contribution in [2.45, 2.75) is 0 Å². The molecule has 0 N–H and O–H groups in total. The lowest BCUT2D eigenvalue weighted by Crippen LogP contribution is -2.05. The molecule has 3 aromatic rings. The number of benzene rings is 1. The lowest BCUT2D eigenvalue weighted by atomic mass is 10.1. The highest BCUT2D eigenvalue weighted by atomic mass is 79.9. The van der Waals surface area contributed by atoms with Crippen LogP contribution in [0.25, 0.3) is 22.0 Å². The molecule has 0 radical (unpaired) electrons. The monoisotopic (exact) mass is 364 g/mol. The Morgan fingerprint density at radius 1 is 1.10 bits per heavy atom. The molecule has 1 aromatic carbocycles. The summed E-state index contributed by atoms with van der Waals surface area (Å²) >= 11 is 5.07. The van der Waals surface area contributed by atoms with Crippen molar-refractivity contribution < 1.29 is 9.47 Å². The molecule has 0 amide bonds. The van der Waals surface area contributed by atoms with Crippen LogP contribution in [-0.2, 0) is 4.74 Å². The smallest absolute Gasteiger partial charge is 0.137 e. The predicted molar refractivity (Wildman–Crippen MR) is 87.9 cm³/mol. The molecular weight excluding hydrogens is 352 g/mol. The summed E-state index contributed by atoms with van der Waals surface area (Å²) in [4.78, 5) is 0. The fraction of sp³-hybridized carbons (Fsp3) is 0.200. The van der Waals surface area contributed by atoms with Crippen molar-refractivity contribution in [3.05, 3.63) is 39.6 Å². The second kappa shape index (κ2) is 6.51. The molecule has 0 bridgehead atoms. The normalized spacial score (nSPS) is 11.0. The first-order valence-electron chi connectivity index (χ1n) is 6.40. The summed E-state index contributed by atoms with van der Waals surface area (Å²) in [6, 6.07) is 7.85. The molecule has 4 nitrogen and oxygen atoms in total. The third-order valence-corrected chi connectivity index (χ3v) is 4.39.